The summed E-state index contributed by atoms with van der Waals surface area (Å²) in [6.45, 7) is 10.8. The second-order valence-corrected chi connectivity index (χ2v) is 21.2. The number of aliphatic hydroxyl groups excluding tert-OH is 2. The summed E-state index contributed by atoms with van der Waals surface area (Å²) in [5.41, 5.74) is 12.7. The van der Waals surface area contributed by atoms with E-state index in [1.54, 1.807) is 27.7 Å². The number of aromatic amines is 1. The molecule has 0 radical (unpaired) electrons. The monoisotopic (exact) mass is 1160 g/mol. The Hall–Kier alpha value is -8.25. The molecule has 0 aliphatic rings. The molecule has 0 spiro atoms. The number of phenols is 1. The van der Waals surface area contributed by atoms with Gasteiger partial charge in [-0.05, 0) is 60.6 Å². The van der Waals surface area contributed by atoms with Crippen LogP contribution in [0.1, 0.15) is 98.8 Å². The Balaban J connectivity index is 2.37. The summed E-state index contributed by atoms with van der Waals surface area (Å²) in [6.07, 6.45) is 0.687. The lowest BCUT2D eigenvalue weighted by molar-refractivity contribution is -0.143. The van der Waals surface area contributed by atoms with E-state index in [2.05, 4.69) is 57.8 Å². The van der Waals surface area contributed by atoms with Crippen molar-refractivity contribution < 1.29 is 83.1 Å². The molecule has 1 aromatic carbocycles. The van der Waals surface area contributed by atoms with Crippen LogP contribution >= 0.6 is 0 Å². The van der Waals surface area contributed by atoms with Crippen LogP contribution in [0.2, 0.25) is 0 Å². The molecule has 1 aromatic heterocycles. The maximum absolute atomic E-state index is 14.3. The maximum atomic E-state index is 14.3. The Kier molecular flexibility index (Phi) is 29.1. The van der Waals surface area contributed by atoms with E-state index >= 15 is 0 Å². The van der Waals surface area contributed by atoms with E-state index in [9.17, 15) is 83.1 Å². The molecule has 0 aliphatic heterocycles. The molecular weight excluding hydrogens is 1080 g/mol. The number of primary amides is 1. The summed E-state index contributed by atoms with van der Waals surface area (Å²) in [5.74, 6) is -15.2. The van der Waals surface area contributed by atoms with Gasteiger partial charge >= 0.3 is 11.9 Å². The number of benzene rings is 1. The Labute approximate surface area is 473 Å². The topological polar surface area (TPSA) is 495 Å². The van der Waals surface area contributed by atoms with E-state index in [0.717, 1.165) is 0 Å². The number of aromatic nitrogens is 2. The molecule has 30 nitrogen and oxygen atoms in total. The van der Waals surface area contributed by atoms with E-state index in [1.165, 1.54) is 64.5 Å². The summed E-state index contributed by atoms with van der Waals surface area (Å²) >= 11 is 0. The molecule has 10 amide bonds. The highest BCUT2D eigenvalue weighted by molar-refractivity contribution is 5.99. The number of nitrogens with one attached hydrogen (secondary N) is 10. The van der Waals surface area contributed by atoms with Crippen molar-refractivity contribution in [2.24, 2.45) is 35.1 Å². The number of nitrogens with two attached hydrogens (primary N) is 2. The van der Waals surface area contributed by atoms with Crippen LogP contribution in [0.4, 0.5) is 0 Å². The predicted molar refractivity (Wildman–Crippen MR) is 291 cm³/mol. The van der Waals surface area contributed by atoms with Crippen molar-refractivity contribution in [2.75, 3.05) is 13.2 Å². The number of aromatic hydroxyl groups is 1. The number of H-pyrrole nitrogens is 1. The molecule has 456 valence electrons. The third-order valence-electron chi connectivity index (χ3n) is 12.4. The molecule has 0 saturated heterocycles. The number of aliphatic carboxylic acids is 2. The van der Waals surface area contributed by atoms with Crippen molar-refractivity contribution in [3.8, 4) is 5.75 Å². The van der Waals surface area contributed by atoms with Gasteiger partial charge in [-0.2, -0.15) is 0 Å². The zero-order valence-corrected chi connectivity index (χ0v) is 47.1. The van der Waals surface area contributed by atoms with Crippen molar-refractivity contribution in [3.63, 3.8) is 0 Å². The number of carbonyl (C=O) groups excluding carboxylic acids is 10. The average molecular weight is 1160 g/mol. The van der Waals surface area contributed by atoms with E-state index < -0.39 is 176 Å². The quantitative estimate of drug-likeness (QED) is 0.0308. The first-order valence-corrected chi connectivity index (χ1v) is 26.6. The van der Waals surface area contributed by atoms with Crippen molar-refractivity contribution in [2.45, 2.75) is 161 Å². The summed E-state index contributed by atoms with van der Waals surface area (Å²) in [5, 5.41) is 69.9. The molecule has 10 atom stereocenters. The standard InChI is InChI=1S/C52H81N13O17/c1-24(2)15-33(58-43(72)31(53)18-29-20-55-23-56-29)45(74)60-35(17-28-9-11-30(68)12-10-28)47(76)64-41(26(5)6)50(79)61-36(19-39(54)69)48(77)65-42(27(7)8)51(80)62-37(21-66)49(78)57-32(13-14-40(70)71)44(73)59-34(16-25(3)4)46(75)63-38(22-67)52(81)82/h9-12,20,23-27,31-38,41-42,66-68H,13-19,21-22,53H2,1-8H3,(H2,54,69)(H,55,56)(H,57,78)(H,58,72)(H,59,73)(H,60,74)(H,61,79)(H,62,80)(H,63,75)(H,64,76)(H,65,77)(H,70,71)(H,81,82)/t31-,32-,33-,34-,35-,36-,37-,38-,41-,42-/m0/s1. The molecular formula is C52H81N13O17. The van der Waals surface area contributed by atoms with Crippen LogP contribution in [0.25, 0.3) is 0 Å². The van der Waals surface area contributed by atoms with E-state index in [4.69, 9.17) is 11.5 Å². The zero-order valence-electron chi connectivity index (χ0n) is 47.1. The third-order valence-corrected chi connectivity index (χ3v) is 12.4. The number of carboxylic acids is 2. The van der Waals surface area contributed by atoms with Crippen LogP contribution in [0, 0.1) is 23.7 Å². The van der Waals surface area contributed by atoms with Crippen LogP contribution in [-0.2, 0) is 70.4 Å². The number of carboxylic acid groups (broad SMARTS) is 2. The Bertz CT molecular complexity index is 2510. The Morgan fingerprint density at radius 1 is 0.524 bits per heavy atom. The lowest BCUT2D eigenvalue weighted by atomic mass is 9.98. The predicted octanol–water partition coefficient (Wildman–Crippen LogP) is -4.20. The first-order chi connectivity index (χ1) is 38.4. The van der Waals surface area contributed by atoms with Crippen LogP contribution in [0.5, 0.6) is 5.75 Å². The Morgan fingerprint density at radius 3 is 1.38 bits per heavy atom. The first-order valence-electron chi connectivity index (χ1n) is 26.6. The molecule has 0 saturated carbocycles. The average Bonchev–Trinajstić information content (AvgIpc) is 3.99. The molecule has 2 aromatic rings. The van der Waals surface area contributed by atoms with Crippen LogP contribution in [0.15, 0.2) is 36.8 Å². The largest absolute Gasteiger partial charge is 0.508 e. The molecule has 30 heteroatoms. The smallest absolute Gasteiger partial charge is 0.328 e. The lowest BCUT2D eigenvalue weighted by Crippen LogP contribution is -2.62. The SMILES string of the molecule is CC(C)C[C@H](NC(=O)[C@H](CCC(=O)O)NC(=O)[C@H](CO)NC(=O)[C@@H](NC(=O)[C@H](CC(N)=O)NC(=O)[C@@H](NC(=O)[C@H](Cc1ccc(O)cc1)NC(=O)[C@H](CC(C)C)NC(=O)[C@@H](N)Cc1cnc[nH]1)C(C)C)C(C)C)C(=O)N[C@@H](CO)C(=O)O. The highest BCUT2D eigenvalue weighted by Gasteiger charge is 2.37. The fourth-order valence-electron chi connectivity index (χ4n) is 8.00. The number of carbonyl (C=O) groups is 12. The summed E-state index contributed by atoms with van der Waals surface area (Å²) in [4.78, 5) is 166. The van der Waals surface area contributed by atoms with Crippen LogP contribution in [-0.4, -0.2) is 180 Å². The van der Waals surface area contributed by atoms with E-state index in [0.29, 0.717) is 11.3 Å². The summed E-state index contributed by atoms with van der Waals surface area (Å²) in [7, 11) is 0. The number of hydrogen-bond donors (Lipinski definition) is 17. The highest BCUT2D eigenvalue weighted by Crippen LogP contribution is 2.15. The van der Waals surface area contributed by atoms with Crippen LogP contribution in [0.3, 0.4) is 0 Å². The summed E-state index contributed by atoms with van der Waals surface area (Å²) in [6, 6.07) is -9.68. The van der Waals surface area contributed by atoms with Gasteiger partial charge in [0.2, 0.25) is 59.1 Å². The van der Waals surface area contributed by atoms with Gasteiger partial charge in [0.25, 0.3) is 0 Å². The molecule has 0 fully saturated rings. The van der Waals surface area contributed by atoms with Crippen molar-refractivity contribution in [1.82, 2.24) is 57.8 Å². The van der Waals surface area contributed by atoms with Crippen LogP contribution < -0.4 is 59.3 Å². The van der Waals surface area contributed by atoms with Gasteiger partial charge in [0.1, 0.15) is 60.1 Å². The van der Waals surface area contributed by atoms with E-state index in [1.807, 2.05) is 0 Å². The Morgan fingerprint density at radius 2 is 0.939 bits per heavy atom. The lowest BCUT2D eigenvalue weighted by Gasteiger charge is -2.29. The van der Waals surface area contributed by atoms with Crippen molar-refractivity contribution in [1.29, 1.82) is 0 Å². The number of aliphatic hydroxyl groups is 2. The minimum Gasteiger partial charge on any atom is -0.508 e. The van der Waals surface area contributed by atoms with Gasteiger partial charge in [0.15, 0.2) is 0 Å². The first kappa shape index (κ1) is 69.9. The zero-order chi connectivity index (χ0) is 62.1. The highest BCUT2D eigenvalue weighted by atomic mass is 16.4. The van der Waals surface area contributed by atoms with Gasteiger partial charge in [0, 0.05) is 31.2 Å². The summed E-state index contributed by atoms with van der Waals surface area (Å²) < 4.78 is 0. The second kappa shape index (κ2) is 34.1. The molecule has 0 aliphatic carbocycles. The van der Waals surface area contributed by atoms with E-state index in [-0.39, 0.29) is 43.3 Å². The van der Waals surface area contributed by atoms with Gasteiger partial charge in [-0.15, -0.1) is 0 Å². The molecule has 2 rings (SSSR count). The number of imidazole rings is 1. The molecule has 19 N–H and O–H groups in total. The fourth-order valence-corrected chi connectivity index (χ4v) is 8.00. The third kappa shape index (κ3) is 24.2. The molecule has 82 heavy (non-hydrogen) atoms. The fraction of sp³-hybridized carbons (Fsp3) is 0.596. The van der Waals surface area contributed by atoms with Gasteiger partial charge < -0.3 is 89.8 Å². The number of nitrogens with zero attached hydrogens (tertiary/aromatic N) is 1. The minimum atomic E-state index is -1.88. The second-order valence-electron chi connectivity index (χ2n) is 21.2. The van der Waals surface area contributed by atoms with Crippen molar-refractivity contribution >= 4 is 71.0 Å². The van der Waals surface area contributed by atoms with Gasteiger partial charge in [-0.3, -0.25) is 52.7 Å². The van der Waals surface area contributed by atoms with Gasteiger partial charge in [-0.1, -0.05) is 67.5 Å². The van der Waals surface area contributed by atoms with Crippen molar-refractivity contribution in [3.05, 3.63) is 48.0 Å². The maximum Gasteiger partial charge on any atom is 0.328 e. The van der Waals surface area contributed by atoms with Gasteiger partial charge in [-0.25, -0.2) is 9.78 Å². The molecule has 0 bridgehead atoms. The molecule has 1 heterocycles. The number of hydrogen-bond acceptors (Lipinski definition) is 17. The normalized spacial score (nSPS) is 15.0. The number of phenolic OH excluding ortho intramolecular Hbond substituents is 1. The minimum absolute atomic E-state index is 0.0695. The van der Waals surface area contributed by atoms with Gasteiger partial charge in [0.05, 0.1) is 32.0 Å². The number of amides is 10. The molecule has 0 unspecified atom stereocenters. The number of rotatable bonds is 36.